The normalized spacial score (nSPS) is 29.7. The van der Waals surface area contributed by atoms with Crippen LogP contribution in [0.15, 0.2) is 49.6 Å². The fourth-order valence-electron chi connectivity index (χ4n) is 7.95. The maximum atomic E-state index is 14.9. The van der Waals surface area contributed by atoms with Crippen LogP contribution in [0.4, 0.5) is 0 Å². The zero-order valence-electron chi connectivity index (χ0n) is 26.6. The molecule has 1 spiro atoms. The highest BCUT2D eigenvalue weighted by Gasteiger charge is 2.80. The summed E-state index contributed by atoms with van der Waals surface area (Å²) >= 11 is 0. The molecular weight excluding hydrogens is 560 g/mol. The zero-order valence-corrected chi connectivity index (χ0v) is 26.6. The van der Waals surface area contributed by atoms with E-state index in [-0.39, 0.29) is 49.4 Å². The van der Waals surface area contributed by atoms with Gasteiger partial charge in [0.05, 0.1) is 35.6 Å². The predicted molar refractivity (Wildman–Crippen MR) is 166 cm³/mol. The van der Waals surface area contributed by atoms with E-state index < -0.39 is 35.1 Å². The van der Waals surface area contributed by atoms with Crippen molar-refractivity contribution in [2.75, 3.05) is 26.2 Å². The van der Waals surface area contributed by atoms with Crippen LogP contribution in [0.5, 0.6) is 0 Å². The first-order valence-electron chi connectivity index (χ1n) is 15.7. The Balaban J connectivity index is 1.62. The van der Waals surface area contributed by atoms with Gasteiger partial charge < -0.3 is 24.5 Å². The first kappa shape index (κ1) is 31.8. The van der Waals surface area contributed by atoms with Gasteiger partial charge >= 0.3 is 0 Å². The van der Waals surface area contributed by atoms with Gasteiger partial charge in [0.1, 0.15) is 23.8 Å². The highest BCUT2D eigenvalue weighted by molar-refractivity contribution is 5.99. The molecule has 3 aliphatic rings. The van der Waals surface area contributed by atoms with Crippen molar-refractivity contribution in [2.24, 2.45) is 23.7 Å². The van der Waals surface area contributed by atoms with E-state index in [9.17, 15) is 19.5 Å². The molecule has 0 saturated carbocycles. The number of nitrogens with zero attached hydrogens (tertiary/aromatic N) is 6. The number of carbonyl (C=O) groups excluding carboxylic acids is 3. The molecule has 0 aliphatic carbocycles. The van der Waals surface area contributed by atoms with Crippen LogP contribution >= 0.6 is 0 Å². The van der Waals surface area contributed by atoms with Crippen molar-refractivity contribution >= 4 is 28.8 Å². The van der Waals surface area contributed by atoms with E-state index in [1.54, 1.807) is 31.5 Å². The van der Waals surface area contributed by atoms with Crippen LogP contribution < -0.4 is 0 Å². The monoisotopic (exact) mass is 606 g/mol. The number of carbonyl (C=O) groups is 3. The summed E-state index contributed by atoms with van der Waals surface area (Å²) in [5.74, 6) is -2.69. The Morgan fingerprint density at radius 3 is 2.50 bits per heavy atom. The Labute approximate surface area is 259 Å². The van der Waals surface area contributed by atoms with E-state index in [1.807, 2.05) is 58.9 Å². The van der Waals surface area contributed by atoms with E-state index in [2.05, 4.69) is 23.5 Å². The number of amides is 3. The van der Waals surface area contributed by atoms with Crippen molar-refractivity contribution < 1.29 is 24.2 Å². The number of rotatable bonds is 13. The summed E-state index contributed by atoms with van der Waals surface area (Å²) in [5.41, 5.74) is -0.705. The minimum atomic E-state index is -1.24. The van der Waals surface area contributed by atoms with Gasteiger partial charge in [-0.2, -0.15) is 0 Å². The second kappa shape index (κ2) is 12.1. The summed E-state index contributed by atoms with van der Waals surface area (Å²) in [6.45, 7) is 18.4. The van der Waals surface area contributed by atoms with Gasteiger partial charge in [-0.3, -0.25) is 14.4 Å². The maximum Gasteiger partial charge on any atom is 0.250 e. The van der Waals surface area contributed by atoms with Crippen molar-refractivity contribution in [1.29, 1.82) is 0 Å². The van der Waals surface area contributed by atoms with Gasteiger partial charge in [-0.25, -0.2) is 4.68 Å². The molecule has 3 saturated heterocycles. The van der Waals surface area contributed by atoms with Crippen molar-refractivity contribution in [3.05, 3.63) is 49.6 Å². The lowest BCUT2D eigenvalue weighted by molar-refractivity contribution is -0.159. The summed E-state index contributed by atoms with van der Waals surface area (Å²) < 4.78 is 8.59. The van der Waals surface area contributed by atoms with Crippen LogP contribution in [0, 0.1) is 23.7 Å². The first-order chi connectivity index (χ1) is 21.0. The molecule has 1 aromatic carbocycles. The molecule has 11 nitrogen and oxygen atoms in total. The van der Waals surface area contributed by atoms with Crippen molar-refractivity contribution in [3.63, 3.8) is 0 Å². The molecule has 238 valence electrons. The molecule has 3 fully saturated rings. The quantitative estimate of drug-likeness (QED) is 0.348. The highest BCUT2D eigenvalue weighted by atomic mass is 16.5. The van der Waals surface area contributed by atoms with Crippen molar-refractivity contribution in [3.8, 4) is 0 Å². The Hall–Kier alpha value is -3.57. The van der Waals surface area contributed by atoms with Crippen LogP contribution in [-0.4, -0.2) is 102 Å². The highest BCUT2D eigenvalue weighted by Crippen LogP contribution is 2.66. The number of likely N-dealkylation sites (tertiary alicyclic amines) is 1. The lowest BCUT2D eigenvalue weighted by atomic mass is 9.62. The number of hydrogen-bond donors (Lipinski definition) is 1. The summed E-state index contributed by atoms with van der Waals surface area (Å²) in [7, 11) is 0. The standard InChI is InChI=1S/C33H46N6O5/c1-8-15-36(16-9-2)29(41)26-27-30(42)39(25(19-40)21(4)5)28(33(27)18-22(6)32(26,7)44-33)31(43)37(17-10-3)20-38-24-14-12-11-13-23(24)34-35-38/h8,10-14,21-22,25-28,40H,1,3,9,15-20H2,2,4-7H3/t22?,25-,26+,27-,28?,32-,33?/m0/s1. The van der Waals surface area contributed by atoms with Gasteiger partial charge in [0.25, 0.3) is 0 Å². The number of ether oxygens (including phenoxy) is 1. The number of aliphatic hydroxyl groups is 1. The average Bonchev–Trinajstić information content (AvgIpc) is 3.66. The molecule has 1 N–H and O–H groups in total. The molecule has 3 aliphatic heterocycles. The molecule has 2 bridgehead atoms. The lowest BCUT2D eigenvalue weighted by Gasteiger charge is -2.40. The lowest BCUT2D eigenvalue weighted by Crippen LogP contribution is -2.60. The molecule has 11 heteroatoms. The Morgan fingerprint density at radius 1 is 1.18 bits per heavy atom. The van der Waals surface area contributed by atoms with Gasteiger partial charge in [0.2, 0.25) is 17.7 Å². The van der Waals surface area contributed by atoms with Gasteiger partial charge in [-0.05, 0) is 43.7 Å². The largest absolute Gasteiger partial charge is 0.394 e. The number of para-hydroxylation sites is 1. The molecule has 2 aromatic rings. The molecular formula is C33H46N6O5. The fourth-order valence-corrected chi connectivity index (χ4v) is 7.95. The van der Waals surface area contributed by atoms with Gasteiger partial charge in [0, 0.05) is 19.6 Å². The summed E-state index contributed by atoms with van der Waals surface area (Å²) in [5, 5.41) is 19.1. The van der Waals surface area contributed by atoms with E-state index in [1.165, 1.54) is 0 Å². The van der Waals surface area contributed by atoms with Crippen LogP contribution in [0.25, 0.3) is 11.0 Å². The molecule has 0 radical (unpaired) electrons. The van der Waals surface area contributed by atoms with Crippen molar-refractivity contribution in [1.82, 2.24) is 29.7 Å². The van der Waals surface area contributed by atoms with Crippen LogP contribution in [0.3, 0.4) is 0 Å². The smallest absolute Gasteiger partial charge is 0.250 e. The molecule has 1 aromatic heterocycles. The van der Waals surface area contributed by atoms with Crippen molar-refractivity contribution in [2.45, 2.75) is 77.4 Å². The number of aliphatic hydroxyl groups excluding tert-OH is 1. The Bertz CT molecular complexity index is 1440. The summed E-state index contributed by atoms with van der Waals surface area (Å²) in [4.78, 5) is 48.8. The third-order valence-electron chi connectivity index (χ3n) is 10.1. The number of hydrogen-bond acceptors (Lipinski definition) is 7. The summed E-state index contributed by atoms with van der Waals surface area (Å²) in [6, 6.07) is 5.81. The molecule has 3 unspecified atom stereocenters. The third-order valence-corrected chi connectivity index (χ3v) is 10.1. The minimum absolute atomic E-state index is 0.0783. The third kappa shape index (κ3) is 4.75. The average molecular weight is 607 g/mol. The number of fused-ring (bicyclic) bond motifs is 2. The minimum Gasteiger partial charge on any atom is -0.394 e. The molecule has 3 amide bonds. The summed E-state index contributed by atoms with van der Waals surface area (Å²) in [6.07, 6.45) is 4.53. The van der Waals surface area contributed by atoms with E-state index >= 15 is 0 Å². The van der Waals surface area contributed by atoms with Gasteiger partial charge in [-0.15, -0.1) is 18.3 Å². The van der Waals surface area contributed by atoms with E-state index in [0.29, 0.717) is 25.0 Å². The second-order valence-corrected chi connectivity index (χ2v) is 13.1. The molecule has 44 heavy (non-hydrogen) atoms. The Morgan fingerprint density at radius 2 is 1.86 bits per heavy atom. The zero-order chi connectivity index (χ0) is 32.0. The topological polar surface area (TPSA) is 121 Å². The maximum absolute atomic E-state index is 14.9. The second-order valence-electron chi connectivity index (χ2n) is 13.1. The van der Waals surface area contributed by atoms with Gasteiger partial charge in [0.15, 0.2) is 0 Å². The predicted octanol–water partition coefficient (Wildman–Crippen LogP) is 2.86. The van der Waals surface area contributed by atoms with E-state index in [0.717, 1.165) is 11.9 Å². The van der Waals surface area contributed by atoms with Crippen LogP contribution in [0.1, 0.15) is 47.5 Å². The van der Waals surface area contributed by atoms with E-state index in [4.69, 9.17) is 4.74 Å². The Kier molecular flexibility index (Phi) is 8.74. The molecule has 4 heterocycles. The number of aromatic nitrogens is 3. The van der Waals surface area contributed by atoms with Crippen LogP contribution in [-0.2, 0) is 25.8 Å². The van der Waals surface area contributed by atoms with Crippen LogP contribution in [0.2, 0.25) is 0 Å². The molecule has 7 atom stereocenters. The fraction of sp³-hybridized carbons (Fsp3) is 0.606. The SMILES string of the molecule is C=CCN(Cn1nnc2ccccc21)C(=O)C1N([C@@H](CO)C(C)C)C(=O)[C@@H]2[C@H](C(=O)N(CC=C)CCC)[C@@]3(C)OC12CC3C. The van der Waals surface area contributed by atoms with Gasteiger partial charge in [-0.1, -0.05) is 57.2 Å². The molecule has 5 rings (SSSR count). The number of benzene rings is 1. The first-order valence-corrected chi connectivity index (χ1v) is 15.7.